The molecule has 4 aromatic rings. The summed E-state index contributed by atoms with van der Waals surface area (Å²) >= 11 is 6.00. The largest absolute Gasteiger partial charge is 0.277 e. The summed E-state index contributed by atoms with van der Waals surface area (Å²) in [6.45, 7) is 0. The third-order valence-corrected chi connectivity index (χ3v) is 4.03. The number of aromatic nitrogens is 6. The molecule has 0 saturated carbocycles. The van der Waals surface area contributed by atoms with Crippen LogP contribution in [0.1, 0.15) is 11.4 Å². The van der Waals surface area contributed by atoms with E-state index < -0.39 is 0 Å². The lowest BCUT2D eigenvalue weighted by molar-refractivity contribution is 0.881. The van der Waals surface area contributed by atoms with E-state index in [4.69, 9.17) is 11.6 Å². The van der Waals surface area contributed by atoms with Crippen LogP contribution in [0.15, 0.2) is 54.6 Å². The fourth-order valence-electron chi connectivity index (χ4n) is 2.65. The summed E-state index contributed by atoms with van der Waals surface area (Å²) in [6.07, 6.45) is 0.547. The van der Waals surface area contributed by atoms with Crippen LogP contribution in [-0.2, 0) is 6.42 Å². The van der Waals surface area contributed by atoms with Crippen molar-refractivity contribution >= 4 is 11.6 Å². The van der Waals surface area contributed by atoms with Gasteiger partial charge in [0, 0.05) is 22.6 Å². The first-order valence-corrected chi connectivity index (χ1v) is 7.80. The van der Waals surface area contributed by atoms with Crippen LogP contribution in [0.3, 0.4) is 0 Å². The zero-order valence-electron chi connectivity index (χ0n) is 12.6. The van der Waals surface area contributed by atoms with Crippen molar-refractivity contribution in [1.82, 2.24) is 30.8 Å². The summed E-state index contributed by atoms with van der Waals surface area (Å²) in [5, 5.41) is 22.5. The van der Waals surface area contributed by atoms with Crippen molar-refractivity contribution in [2.75, 3.05) is 0 Å². The number of H-pyrrole nitrogens is 2. The van der Waals surface area contributed by atoms with Gasteiger partial charge >= 0.3 is 0 Å². The average molecular weight is 337 g/mol. The molecule has 2 aromatic heterocycles. The van der Waals surface area contributed by atoms with Crippen molar-refractivity contribution in [2.45, 2.75) is 6.42 Å². The maximum absolute atomic E-state index is 6.00. The van der Waals surface area contributed by atoms with Gasteiger partial charge in [0.05, 0.1) is 11.4 Å². The molecule has 2 aromatic carbocycles. The number of nitrogens with one attached hydrogen (secondary N) is 2. The predicted octanol–water partition coefficient (Wildman–Crippen LogP) is 3.50. The first kappa shape index (κ1) is 14.6. The second-order valence-electron chi connectivity index (χ2n) is 5.32. The number of rotatable bonds is 4. The monoisotopic (exact) mass is 336 g/mol. The summed E-state index contributed by atoms with van der Waals surface area (Å²) < 4.78 is 0. The van der Waals surface area contributed by atoms with Crippen LogP contribution in [0.4, 0.5) is 0 Å². The lowest BCUT2D eigenvalue weighted by Crippen LogP contribution is -1.95. The Labute approximate surface area is 142 Å². The minimum absolute atomic E-state index is 0.547. The van der Waals surface area contributed by atoms with Gasteiger partial charge < -0.3 is 0 Å². The summed E-state index contributed by atoms with van der Waals surface area (Å²) in [4.78, 5) is 0. The van der Waals surface area contributed by atoms with Gasteiger partial charge in [-0.25, -0.2) is 5.10 Å². The Morgan fingerprint density at radius 1 is 0.875 bits per heavy atom. The first-order chi connectivity index (χ1) is 11.8. The van der Waals surface area contributed by atoms with Gasteiger partial charge in [0.15, 0.2) is 5.82 Å². The Morgan fingerprint density at radius 3 is 2.38 bits per heavy atom. The second-order valence-corrected chi connectivity index (χ2v) is 5.76. The maximum Gasteiger partial charge on any atom is 0.153 e. The molecular weight excluding hydrogens is 324 g/mol. The van der Waals surface area contributed by atoms with Crippen LogP contribution in [0.2, 0.25) is 5.02 Å². The molecule has 7 heteroatoms. The minimum Gasteiger partial charge on any atom is -0.277 e. The quantitative estimate of drug-likeness (QED) is 0.597. The van der Waals surface area contributed by atoms with Crippen LogP contribution in [0, 0.1) is 0 Å². The first-order valence-electron chi connectivity index (χ1n) is 7.42. The Kier molecular flexibility index (Phi) is 3.80. The zero-order chi connectivity index (χ0) is 16.4. The van der Waals surface area contributed by atoms with E-state index in [1.165, 1.54) is 0 Å². The van der Waals surface area contributed by atoms with Crippen molar-refractivity contribution in [2.24, 2.45) is 0 Å². The van der Waals surface area contributed by atoms with Gasteiger partial charge in [0.25, 0.3) is 0 Å². The van der Waals surface area contributed by atoms with Gasteiger partial charge in [-0.2, -0.15) is 5.10 Å². The molecule has 0 aliphatic rings. The Hall–Kier alpha value is -2.99. The number of halogens is 1. The number of hydrogen-bond donors (Lipinski definition) is 2. The fourth-order valence-corrected chi connectivity index (χ4v) is 2.77. The van der Waals surface area contributed by atoms with E-state index in [-0.39, 0.29) is 0 Å². The molecule has 0 unspecified atom stereocenters. The Bertz CT molecular complexity index is 929. The third kappa shape index (κ3) is 2.79. The fraction of sp³-hybridized carbons (Fsp3) is 0.0588. The van der Waals surface area contributed by atoms with Gasteiger partial charge in [-0.15, -0.1) is 5.10 Å². The average Bonchev–Trinajstić information content (AvgIpc) is 3.27. The lowest BCUT2D eigenvalue weighted by atomic mass is 9.99. The Balaban J connectivity index is 1.84. The molecule has 0 amide bonds. The number of benzene rings is 2. The molecule has 0 aliphatic carbocycles. The number of aromatic amines is 2. The zero-order valence-corrected chi connectivity index (χ0v) is 13.3. The highest BCUT2D eigenvalue weighted by atomic mass is 35.5. The molecule has 0 fully saturated rings. The van der Waals surface area contributed by atoms with Gasteiger partial charge in [0.1, 0.15) is 0 Å². The van der Waals surface area contributed by atoms with Crippen LogP contribution in [-0.4, -0.2) is 30.8 Å². The molecule has 0 aliphatic heterocycles. The van der Waals surface area contributed by atoms with Crippen molar-refractivity contribution < 1.29 is 0 Å². The SMILES string of the molecule is Clc1ccc(-c2[nH]nc(-c3ccccc3)c2Cc2nnn[nH]2)cc1. The Morgan fingerprint density at radius 2 is 1.67 bits per heavy atom. The highest BCUT2D eigenvalue weighted by Crippen LogP contribution is 2.31. The van der Waals surface area contributed by atoms with E-state index in [2.05, 4.69) is 30.8 Å². The summed E-state index contributed by atoms with van der Waals surface area (Å²) in [7, 11) is 0. The predicted molar refractivity (Wildman–Crippen MR) is 91.5 cm³/mol. The standard InChI is InChI=1S/C17H13ClN6/c18-13-8-6-12(7-9-13)17-14(10-15-19-23-24-20-15)16(21-22-17)11-4-2-1-3-5-11/h1-9H,10H2,(H,21,22)(H,19,20,23,24). The van der Waals surface area contributed by atoms with Gasteiger partial charge in [-0.3, -0.25) is 5.10 Å². The molecule has 2 N–H and O–H groups in total. The van der Waals surface area contributed by atoms with E-state index in [1.807, 2.05) is 54.6 Å². The molecule has 0 spiro atoms. The number of hydrogen-bond acceptors (Lipinski definition) is 4. The van der Waals surface area contributed by atoms with Crippen molar-refractivity contribution in [3.63, 3.8) is 0 Å². The summed E-state index contributed by atoms with van der Waals surface area (Å²) in [5.74, 6) is 0.684. The number of nitrogens with zero attached hydrogens (tertiary/aromatic N) is 4. The van der Waals surface area contributed by atoms with E-state index in [9.17, 15) is 0 Å². The normalized spacial score (nSPS) is 10.9. The lowest BCUT2D eigenvalue weighted by Gasteiger charge is -2.05. The number of tetrazole rings is 1. The smallest absolute Gasteiger partial charge is 0.153 e. The summed E-state index contributed by atoms with van der Waals surface area (Å²) in [5.41, 5.74) is 4.90. The third-order valence-electron chi connectivity index (χ3n) is 3.78. The topological polar surface area (TPSA) is 83.1 Å². The van der Waals surface area contributed by atoms with Gasteiger partial charge in [0.2, 0.25) is 0 Å². The van der Waals surface area contributed by atoms with E-state index in [0.29, 0.717) is 17.3 Å². The van der Waals surface area contributed by atoms with E-state index >= 15 is 0 Å². The molecule has 4 rings (SSSR count). The molecule has 2 heterocycles. The highest BCUT2D eigenvalue weighted by molar-refractivity contribution is 6.30. The molecule has 24 heavy (non-hydrogen) atoms. The van der Waals surface area contributed by atoms with Crippen LogP contribution in [0.5, 0.6) is 0 Å². The molecule has 0 saturated heterocycles. The molecule has 6 nitrogen and oxygen atoms in total. The van der Waals surface area contributed by atoms with Crippen molar-refractivity contribution in [1.29, 1.82) is 0 Å². The maximum atomic E-state index is 6.00. The van der Waals surface area contributed by atoms with Crippen molar-refractivity contribution in [3.05, 3.63) is 71.0 Å². The van der Waals surface area contributed by atoms with Gasteiger partial charge in [-0.05, 0) is 28.1 Å². The minimum atomic E-state index is 0.547. The van der Waals surface area contributed by atoms with Crippen LogP contribution in [0.25, 0.3) is 22.5 Å². The van der Waals surface area contributed by atoms with E-state index in [0.717, 1.165) is 28.1 Å². The van der Waals surface area contributed by atoms with Crippen molar-refractivity contribution in [3.8, 4) is 22.5 Å². The molecule has 118 valence electrons. The van der Waals surface area contributed by atoms with Gasteiger partial charge in [-0.1, -0.05) is 54.1 Å². The second kappa shape index (κ2) is 6.25. The highest BCUT2D eigenvalue weighted by Gasteiger charge is 2.18. The van der Waals surface area contributed by atoms with Crippen LogP contribution >= 0.6 is 11.6 Å². The molecule has 0 bridgehead atoms. The van der Waals surface area contributed by atoms with Crippen LogP contribution < -0.4 is 0 Å². The molecule has 0 atom stereocenters. The summed E-state index contributed by atoms with van der Waals surface area (Å²) in [6, 6.07) is 17.7. The molecule has 0 radical (unpaired) electrons. The van der Waals surface area contributed by atoms with E-state index in [1.54, 1.807) is 0 Å². The molecular formula is C17H13ClN6.